The molecule has 3 rings (SSSR count). The highest BCUT2D eigenvalue weighted by Crippen LogP contribution is 2.26. The zero-order valence-corrected chi connectivity index (χ0v) is 20.5. The first kappa shape index (κ1) is 24.7. The zero-order chi connectivity index (χ0) is 23.3. The normalized spacial score (nSPS) is 16.2. The van der Waals surface area contributed by atoms with Crippen LogP contribution in [0.15, 0.2) is 46.7 Å². The largest absolute Gasteiger partial charge is 0.348 e. The Morgan fingerprint density at radius 1 is 1.06 bits per heavy atom. The molecule has 0 spiro atoms. The highest BCUT2D eigenvalue weighted by atomic mass is 35.5. The molecule has 0 radical (unpaired) electrons. The number of amides is 2. The summed E-state index contributed by atoms with van der Waals surface area (Å²) in [7, 11) is -3.62. The number of sulfonamides is 1. The molecular weight excluding hydrogens is 470 g/mol. The lowest BCUT2D eigenvalue weighted by atomic mass is 10.0. The first-order valence-corrected chi connectivity index (χ1v) is 13.2. The van der Waals surface area contributed by atoms with Gasteiger partial charge in [0.05, 0.1) is 10.9 Å². The molecule has 32 heavy (non-hydrogen) atoms. The van der Waals surface area contributed by atoms with E-state index in [1.165, 1.54) is 16.4 Å². The van der Waals surface area contributed by atoms with Gasteiger partial charge in [0.25, 0.3) is 0 Å². The quantitative estimate of drug-likeness (QED) is 0.604. The third kappa shape index (κ3) is 6.10. The van der Waals surface area contributed by atoms with Gasteiger partial charge < -0.3 is 10.2 Å². The minimum Gasteiger partial charge on any atom is -0.348 e. The Kier molecular flexibility index (Phi) is 8.32. The molecule has 1 fully saturated rings. The van der Waals surface area contributed by atoms with Crippen molar-refractivity contribution in [3.05, 3.63) is 51.7 Å². The molecule has 1 aliphatic heterocycles. The lowest BCUT2D eigenvalue weighted by Gasteiger charge is -2.34. The fraction of sp³-hybridized carbons (Fsp3) is 0.455. The summed E-state index contributed by atoms with van der Waals surface area (Å²) in [4.78, 5) is 27.9. The fourth-order valence-electron chi connectivity index (χ4n) is 3.59. The van der Waals surface area contributed by atoms with Gasteiger partial charge in [-0.15, -0.1) is 11.3 Å². The van der Waals surface area contributed by atoms with Gasteiger partial charge in [-0.05, 0) is 41.6 Å². The van der Waals surface area contributed by atoms with Crippen LogP contribution < -0.4 is 5.32 Å². The van der Waals surface area contributed by atoms with E-state index in [0.717, 1.165) is 4.88 Å². The molecule has 0 unspecified atom stereocenters. The molecule has 174 valence electrons. The van der Waals surface area contributed by atoms with Gasteiger partial charge in [0.2, 0.25) is 21.8 Å². The topological polar surface area (TPSA) is 86.8 Å². The molecule has 0 aliphatic carbocycles. The first-order valence-electron chi connectivity index (χ1n) is 10.5. The van der Waals surface area contributed by atoms with Crippen molar-refractivity contribution in [3.8, 4) is 0 Å². The minimum absolute atomic E-state index is 0.0702. The first-order chi connectivity index (χ1) is 15.2. The standard InChI is InChI=1S/C22H28ClN3O4S2/c1-16(2)22(19-4-3-15-31-19)24-20(27)9-10-21(28)25-11-13-26(14-12-25)32(29,30)18-7-5-17(23)6-8-18/h3-8,15-16,22H,9-14H2,1-2H3,(H,24,27)/t22-/m1/s1. The van der Waals surface area contributed by atoms with Crippen LogP contribution in [0.4, 0.5) is 0 Å². The molecule has 1 aromatic heterocycles. The van der Waals surface area contributed by atoms with Crippen molar-refractivity contribution >= 4 is 44.8 Å². The SMILES string of the molecule is CC(C)[C@@H](NC(=O)CCC(=O)N1CCN(S(=O)(=O)c2ccc(Cl)cc2)CC1)c1cccs1. The van der Waals surface area contributed by atoms with Gasteiger partial charge in [-0.2, -0.15) is 4.31 Å². The lowest BCUT2D eigenvalue weighted by molar-refractivity contribution is -0.134. The number of nitrogens with one attached hydrogen (secondary N) is 1. The Labute approximate surface area is 198 Å². The highest BCUT2D eigenvalue weighted by molar-refractivity contribution is 7.89. The molecule has 0 saturated carbocycles. The number of carbonyl (C=O) groups excluding carboxylic acids is 2. The second-order valence-electron chi connectivity index (χ2n) is 8.04. The van der Waals surface area contributed by atoms with Crippen LogP contribution in [0.2, 0.25) is 5.02 Å². The van der Waals surface area contributed by atoms with Crippen molar-refractivity contribution in [2.24, 2.45) is 5.92 Å². The van der Waals surface area contributed by atoms with Crippen LogP contribution in [0.1, 0.15) is 37.6 Å². The van der Waals surface area contributed by atoms with E-state index < -0.39 is 10.0 Å². The van der Waals surface area contributed by atoms with Gasteiger partial charge in [-0.3, -0.25) is 9.59 Å². The summed E-state index contributed by atoms with van der Waals surface area (Å²) in [6.07, 6.45) is 0.210. The van der Waals surface area contributed by atoms with Crippen LogP contribution in [-0.4, -0.2) is 55.6 Å². The number of hydrogen-bond donors (Lipinski definition) is 1. The van der Waals surface area contributed by atoms with E-state index in [-0.39, 0.29) is 54.6 Å². The number of piperazine rings is 1. The Balaban J connectivity index is 1.48. The molecule has 1 saturated heterocycles. The van der Waals surface area contributed by atoms with E-state index in [0.29, 0.717) is 18.1 Å². The maximum atomic E-state index is 12.8. The van der Waals surface area contributed by atoms with E-state index >= 15 is 0 Å². The van der Waals surface area contributed by atoms with Crippen molar-refractivity contribution in [1.82, 2.24) is 14.5 Å². The van der Waals surface area contributed by atoms with Crippen molar-refractivity contribution in [2.45, 2.75) is 37.6 Å². The van der Waals surface area contributed by atoms with Gasteiger partial charge in [-0.1, -0.05) is 31.5 Å². The summed E-state index contributed by atoms with van der Waals surface area (Å²) in [6.45, 7) is 5.14. The van der Waals surface area contributed by atoms with Crippen molar-refractivity contribution in [1.29, 1.82) is 0 Å². The third-order valence-electron chi connectivity index (χ3n) is 5.44. The predicted octanol–water partition coefficient (Wildman–Crippen LogP) is 3.53. The molecule has 1 N–H and O–H groups in total. The number of nitrogens with zero attached hydrogens (tertiary/aromatic N) is 2. The van der Waals surface area contributed by atoms with Crippen molar-refractivity contribution in [3.63, 3.8) is 0 Å². The van der Waals surface area contributed by atoms with E-state index in [9.17, 15) is 18.0 Å². The number of halogens is 1. The molecule has 1 aliphatic rings. The number of carbonyl (C=O) groups is 2. The summed E-state index contributed by atoms with van der Waals surface area (Å²) in [5, 5.41) is 5.48. The van der Waals surface area contributed by atoms with Gasteiger partial charge in [0, 0.05) is 48.9 Å². The van der Waals surface area contributed by atoms with Crippen molar-refractivity contribution < 1.29 is 18.0 Å². The van der Waals surface area contributed by atoms with Crippen LogP contribution >= 0.6 is 22.9 Å². The average Bonchev–Trinajstić information content (AvgIpc) is 3.30. The number of hydrogen-bond acceptors (Lipinski definition) is 5. The van der Waals surface area contributed by atoms with E-state index in [1.807, 2.05) is 31.4 Å². The summed E-state index contributed by atoms with van der Waals surface area (Å²) in [6, 6.07) is 9.93. The summed E-state index contributed by atoms with van der Waals surface area (Å²) in [5.74, 6) is -0.0562. The minimum atomic E-state index is -3.62. The van der Waals surface area contributed by atoms with Gasteiger partial charge in [-0.25, -0.2) is 8.42 Å². The third-order valence-corrected chi connectivity index (χ3v) is 8.56. The summed E-state index contributed by atoms with van der Waals surface area (Å²) < 4.78 is 26.9. The molecule has 2 aromatic rings. The predicted molar refractivity (Wildman–Crippen MR) is 126 cm³/mol. The number of benzene rings is 1. The van der Waals surface area contributed by atoms with E-state index in [2.05, 4.69) is 5.32 Å². The number of thiophene rings is 1. The zero-order valence-electron chi connectivity index (χ0n) is 18.2. The summed E-state index contributed by atoms with van der Waals surface area (Å²) in [5.41, 5.74) is 0. The monoisotopic (exact) mass is 497 g/mol. The molecule has 10 heteroatoms. The van der Waals surface area contributed by atoms with Crippen LogP contribution in [0.3, 0.4) is 0 Å². The van der Waals surface area contributed by atoms with Crippen molar-refractivity contribution in [2.75, 3.05) is 26.2 Å². The maximum Gasteiger partial charge on any atom is 0.243 e. The Bertz CT molecular complexity index is 1020. The highest BCUT2D eigenvalue weighted by Gasteiger charge is 2.30. The van der Waals surface area contributed by atoms with E-state index in [4.69, 9.17) is 11.6 Å². The van der Waals surface area contributed by atoms with Crippen LogP contribution in [0, 0.1) is 5.92 Å². The van der Waals surface area contributed by atoms with Gasteiger partial charge >= 0.3 is 0 Å². The van der Waals surface area contributed by atoms with Gasteiger partial charge in [0.15, 0.2) is 0 Å². The van der Waals surface area contributed by atoms with Crippen LogP contribution in [0.25, 0.3) is 0 Å². The molecule has 7 nitrogen and oxygen atoms in total. The molecule has 2 amide bonds. The molecular formula is C22H28ClN3O4S2. The lowest BCUT2D eigenvalue weighted by Crippen LogP contribution is -2.50. The molecule has 0 bridgehead atoms. The molecule has 2 heterocycles. The smallest absolute Gasteiger partial charge is 0.243 e. The number of rotatable bonds is 8. The second-order valence-corrected chi connectivity index (χ2v) is 11.4. The molecule has 1 atom stereocenters. The van der Waals surface area contributed by atoms with Crippen LogP contribution in [0.5, 0.6) is 0 Å². The second kappa shape index (κ2) is 10.8. The maximum absolute atomic E-state index is 12.8. The Morgan fingerprint density at radius 2 is 1.72 bits per heavy atom. The molecule has 1 aromatic carbocycles. The average molecular weight is 498 g/mol. The van der Waals surface area contributed by atoms with E-state index in [1.54, 1.807) is 28.4 Å². The summed E-state index contributed by atoms with van der Waals surface area (Å²) >= 11 is 7.44. The van der Waals surface area contributed by atoms with Crippen LogP contribution in [-0.2, 0) is 19.6 Å². The fourth-order valence-corrected chi connectivity index (χ4v) is 6.09. The van der Waals surface area contributed by atoms with Gasteiger partial charge in [0.1, 0.15) is 0 Å². The Morgan fingerprint density at radius 3 is 2.28 bits per heavy atom. The Hall–Kier alpha value is -1.94.